The van der Waals surface area contributed by atoms with Gasteiger partial charge in [0.25, 0.3) is 5.91 Å². The van der Waals surface area contributed by atoms with E-state index in [0.29, 0.717) is 0 Å². The Morgan fingerprint density at radius 2 is 1.80 bits per heavy atom. The minimum atomic E-state index is -0.187. The number of nitrogens with zero attached hydrogens (tertiary/aromatic N) is 3. The summed E-state index contributed by atoms with van der Waals surface area (Å²) in [5.41, 5.74) is 4.56. The number of anilines is 1. The normalized spacial score (nSPS) is 18.2. The molecule has 1 aromatic heterocycles. The molecule has 2 aromatic rings. The third-order valence-electron chi connectivity index (χ3n) is 5.80. The molecule has 134 valence electrons. The van der Waals surface area contributed by atoms with Crippen molar-refractivity contribution in [1.82, 2.24) is 9.78 Å². The van der Waals surface area contributed by atoms with E-state index < -0.39 is 0 Å². The lowest BCUT2D eigenvalue weighted by Crippen LogP contribution is -2.29. The van der Waals surface area contributed by atoms with Crippen LogP contribution in [0.1, 0.15) is 62.9 Å². The van der Waals surface area contributed by atoms with E-state index in [1.54, 1.807) is 0 Å². The number of rotatable bonds is 5. The van der Waals surface area contributed by atoms with Crippen LogP contribution in [-0.4, -0.2) is 22.2 Å². The van der Waals surface area contributed by atoms with Crippen molar-refractivity contribution in [1.29, 1.82) is 0 Å². The fraction of sp³-hybridized carbons (Fsp3) is 0.524. The van der Waals surface area contributed by atoms with Crippen LogP contribution in [0, 0.1) is 13.8 Å². The summed E-state index contributed by atoms with van der Waals surface area (Å²) in [5, 5.41) is 4.79. The van der Waals surface area contributed by atoms with Gasteiger partial charge in [-0.1, -0.05) is 26.8 Å². The second-order valence-electron chi connectivity index (χ2n) is 7.59. The summed E-state index contributed by atoms with van der Waals surface area (Å²) in [7, 11) is 0. The van der Waals surface area contributed by atoms with Crippen molar-refractivity contribution in [2.24, 2.45) is 0 Å². The number of carbonyl (C=O) groups is 1. The summed E-state index contributed by atoms with van der Waals surface area (Å²) >= 11 is 0. The first-order valence-corrected chi connectivity index (χ1v) is 9.33. The molecule has 0 spiro atoms. The fourth-order valence-electron chi connectivity index (χ4n) is 3.72. The van der Waals surface area contributed by atoms with E-state index in [0.717, 1.165) is 37.2 Å². The van der Waals surface area contributed by atoms with Crippen molar-refractivity contribution >= 4 is 11.6 Å². The number of hydrogen-bond donors (Lipinski definition) is 0. The van der Waals surface area contributed by atoms with Crippen LogP contribution in [0.3, 0.4) is 0 Å². The minimum Gasteiger partial charge on any atom is -0.310 e. The molecule has 1 aromatic carbocycles. The van der Waals surface area contributed by atoms with E-state index in [9.17, 15) is 4.79 Å². The number of aryl methyl sites for hydroxylation is 2. The zero-order valence-corrected chi connectivity index (χ0v) is 16.0. The molecular formula is C21H29N3O. The number of amides is 1. The summed E-state index contributed by atoms with van der Waals surface area (Å²) in [6.45, 7) is 11.5. The molecule has 0 bridgehead atoms. The van der Waals surface area contributed by atoms with Gasteiger partial charge in [0.1, 0.15) is 6.04 Å². The van der Waals surface area contributed by atoms with Gasteiger partial charge in [0, 0.05) is 23.8 Å². The zero-order valence-electron chi connectivity index (χ0n) is 16.0. The Balaban J connectivity index is 1.84. The molecule has 25 heavy (non-hydrogen) atoms. The van der Waals surface area contributed by atoms with E-state index in [1.165, 1.54) is 11.1 Å². The molecular weight excluding hydrogens is 310 g/mol. The Hall–Kier alpha value is -2.10. The molecule has 1 aliphatic rings. The number of benzene rings is 1. The molecule has 1 unspecified atom stereocenters. The smallest absolute Gasteiger partial charge is 0.251 e. The zero-order chi connectivity index (χ0) is 18.2. The van der Waals surface area contributed by atoms with Crippen LogP contribution in [0.4, 0.5) is 5.69 Å². The first kappa shape index (κ1) is 17.7. The van der Waals surface area contributed by atoms with Crippen molar-refractivity contribution in [2.45, 2.75) is 65.3 Å². The summed E-state index contributed by atoms with van der Waals surface area (Å²) in [6.07, 6.45) is 4.88. The van der Waals surface area contributed by atoms with E-state index in [-0.39, 0.29) is 17.4 Å². The van der Waals surface area contributed by atoms with E-state index >= 15 is 0 Å². The van der Waals surface area contributed by atoms with Crippen LogP contribution in [0.15, 0.2) is 30.5 Å². The lowest BCUT2D eigenvalue weighted by Gasteiger charge is -2.24. The molecule has 1 saturated heterocycles. The molecule has 4 nitrogen and oxygen atoms in total. The van der Waals surface area contributed by atoms with Gasteiger partial charge in [0.2, 0.25) is 0 Å². The highest BCUT2D eigenvalue weighted by atomic mass is 16.2. The maximum Gasteiger partial charge on any atom is 0.251 e. The topological polar surface area (TPSA) is 38.1 Å². The molecule has 3 rings (SSSR count). The quantitative estimate of drug-likeness (QED) is 0.801. The number of hydrogen-bond acceptors (Lipinski definition) is 2. The third-order valence-corrected chi connectivity index (χ3v) is 5.80. The molecule has 1 fully saturated rings. The monoisotopic (exact) mass is 339 g/mol. The van der Waals surface area contributed by atoms with E-state index in [4.69, 9.17) is 5.10 Å². The van der Waals surface area contributed by atoms with Gasteiger partial charge >= 0.3 is 0 Å². The number of carbonyl (C=O) groups excluding carboxylic acids is 1. The molecule has 1 atom stereocenters. The van der Waals surface area contributed by atoms with Gasteiger partial charge < -0.3 is 4.90 Å². The molecule has 0 radical (unpaired) electrons. The fourth-order valence-corrected chi connectivity index (χ4v) is 3.72. The van der Waals surface area contributed by atoms with Gasteiger partial charge in [-0.3, -0.25) is 9.48 Å². The molecule has 0 aliphatic carbocycles. The Labute approximate surface area is 150 Å². The average Bonchev–Trinajstić information content (AvgIpc) is 3.20. The predicted octanol–water partition coefficient (Wildman–Crippen LogP) is 4.56. The SMILES string of the molecule is CCC(C)(CC)c1ccn(C2CCN(c3cc(C)cc(C)c3)C2=O)n1. The molecule has 1 aliphatic heterocycles. The second kappa shape index (κ2) is 6.66. The predicted molar refractivity (Wildman–Crippen MR) is 102 cm³/mol. The highest BCUT2D eigenvalue weighted by Crippen LogP contribution is 2.33. The second-order valence-corrected chi connectivity index (χ2v) is 7.59. The van der Waals surface area contributed by atoms with Gasteiger partial charge in [-0.05, 0) is 62.4 Å². The Kier molecular flexibility index (Phi) is 4.72. The Morgan fingerprint density at radius 3 is 2.40 bits per heavy atom. The molecule has 4 heteroatoms. The van der Waals surface area contributed by atoms with Gasteiger partial charge in [-0.25, -0.2) is 0 Å². The van der Waals surface area contributed by atoms with Crippen molar-refractivity contribution in [3.63, 3.8) is 0 Å². The van der Waals surface area contributed by atoms with E-state index in [1.807, 2.05) is 15.8 Å². The van der Waals surface area contributed by atoms with Crippen LogP contribution in [0.5, 0.6) is 0 Å². The van der Waals surface area contributed by atoms with Crippen LogP contribution < -0.4 is 4.90 Å². The van der Waals surface area contributed by atoms with Gasteiger partial charge in [0.15, 0.2) is 0 Å². The molecule has 2 heterocycles. The number of aromatic nitrogens is 2. The first-order valence-electron chi connectivity index (χ1n) is 9.33. The Morgan fingerprint density at radius 1 is 1.16 bits per heavy atom. The largest absolute Gasteiger partial charge is 0.310 e. The van der Waals surface area contributed by atoms with Crippen LogP contribution in [-0.2, 0) is 10.2 Å². The van der Waals surface area contributed by atoms with Crippen molar-refractivity contribution in [3.8, 4) is 0 Å². The summed E-state index contributed by atoms with van der Waals surface area (Å²) in [4.78, 5) is 14.9. The van der Waals surface area contributed by atoms with Crippen LogP contribution >= 0.6 is 0 Å². The summed E-state index contributed by atoms with van der Waals surface area (Å²) < 4.78 is 1.88. The highest BCUT2D eigenvalue weighted by Gasteiger charge is 2.35. The van der Waals surface area contributed by atoms with Crippen LogP contribution in [0.2, 0.25) is 0 Å². The van der Waals surface area contributed by atoms with Crippen molar-refractivity contribution in [3.05, 3.63) is 47.3 Å². The lowest BCUT2D eigenvalue weighted by atomic mass is 9.82. The Bertz CT molecular complexity index is 753. The van der Waals surface area contributed by atoms with Crippen LogP contribution in [0.25, 0.3) is 0 Å². The highest BCUT2D eigenvalue weighted by molar-refractivity contribution is 5.98. The standard InChI is InChI=1S/C21H29N3O/c1-6-21(5,7-2)19-9-11-24(22-19)18-8-10-23(20(18)25)17-13-15(3)12-16(4)14-17/h9,11-14,18H,6-8,10H2,1-5H3. The average molecular weight is 339 g/mol. The summed E-state index contributed by atoms with van der Waals surface area (Å²) in [6, 6.07) is 8.21. The lowest BCUT2D eigenvalue weighted by molar-refractivity contribution is -0.120. The minimum absolute atomic E-state index is 0.0836. The maximum atomic E-state index is 13.0. The molecule has 0 N–H and O–H groups in total. The van der Waals surface area contributed by atoms with Gasteiger partial charge in [-0.2, -0.15) is 5.10 Å². The van der Waals surface area contributed by atoms with Crippen molar-refractivity contribution in [2.75, 3.05) is 11.4 Å². The molecule has 1 amide bonds. The van der Waals surface area contributed by atoms with Crippen molar-refractivity contribution < 1.29 is 4.79 Å². The van der Waals surface area contributed by atoms with E-state index in [2.05, 4.69) is 58.9 Å². The summed E-state index contributed by atoms with van der Waals surface area (Å²) in [5.74, 6) is 0.148. The van der Waals surface area contributed by atoms with Gasteiger partial charge in [0.05, 0.1) is 5.69 Å². The third kappa shape index (κ3) is 3.22. The maximum absolute atomic E-state index is 13.0. The molecule has 0 saturated carbocycles. The first-order chi connectivity index (χ1) is 11.9. The van der Waals surface area contributed by atoms with Gasteiger partial charge in [-0.15, -0.1) is 0 Å².